The Bertz CT molecular complexity index is 1060. The average Bonchev–Trinajstić information content (AvgIpc) is 3.16. The summed E-state index contributed by atoms with van der Waals surface area (Å²) in [6.07, 6.45) is 2.72. The minimum absolute atomic E-state index is 0.180. The van der Waals surface area contributed by atoms with E-state index in [1.807, 2.05) is 24.3 Å². The zero-order valence-corrected chi connectivity index (χ0v) is 14.4. The van der Waals surface area contributed by atoms with E-state index in [9.17, 15) is 13.2 Å². The van der Waals surface area contributed by atoms with Gasteiger partial charge in [-0.05, 0) is 11.6 Å². The molecular weight excluding hydrogens is 352 g/mol. The monoisotopic (exact) mass is 366 g/mol. The number of Topliss-reactive ketones (excluding diaryl/α,β-unsaturated/α-hetero) is 1. The molecule has 0 fully saturated rings. The number of para-hydroxylation sites is 1. The minimum Gasteiger partial charge on any atom is -0.489 e. The first kappa shape index (κ1) is 17.5. The van der Waals surface area contributed by atoms with Gasteiger partial charge in [0.05, 0.1) is 6.21 Å². The van der Waals surface area contributed by atoms with Crippen molar-refractivity contribution in [3.8, 4) is 16.9 Å². The molecule has 0 radical (unpaired) electrons. The number of hydrogen-bond acceptors (Lipinski definition) is 6. The van der Waals surface area contributed by atoms with E-state index < -0.39 is 16.1 Å². The molecule has 2 aromatic carbocycles. The number of ether oxygens (including phenoxy) is 1. The Balaban J connectivity index is 1.90. The Hall–Kier alpha value is -3.32. The molecule has 0 aromatic heterocycles. The van der Waals surface area contributed by atoms with Crippen molar-refractivity contribution in [3.05, 3.63) is 66.7 Å². The van der Waals surface area contributed by atoms with Gasteiger partial charge in [-0.1, -0.05) is 55.1 Å². The Labute approximate surface area is 151 Å². The predicted octanol–water partition coefficient (Wildman–Crippen LogP) is 2.59. The summed E-state index contributed by atoms with van der Waals surface area (Å²) >= 11 is 0. The Morgan fingerprint density at radius 1 is 1.12 bits per heavy atom. The molecule has 0 spiro atoms. The smallest absolute Gasteiger partial charge is 0.225 e. The van der Waals surface area contributed by atoms with Gasteiger partial charge in [0.2, 0.25) is 16.1 Å². The van der Waals surface area contributed by atoms with Crippen LogP contribution >= 0.6 is 0 Å². The van der Waals surface area contributed by atoms with Gasteiger partial charge in [0.15, 0.2) is 5.71 Å². The average molecular weight is 366 g/mol. The zero-order chi connectivity index (χ0) is 18.5. The molecule has 0 atom stereocenters. The molecule has 1 aliphatic heterocycles. The summed E-state index contributed by atoms with van der Waals surface area (Å²) in [5.74, 6) is 0.210. The van der Waals surface area contributed by atoms with Crippen LogP contribution < -0.4 is 4.74 Å². The van der Waals surface area contributed by atoms with Crippen LogP contribution in [0.3, 0.4) is 0 Å². The number of carbonyl (C=O) groups is 1. The van der Waals surface area contributed by atoms with Crippen LogP contribution in [0.15, 0.2) is 71.4 Å². The summed E-state index contributed by atoms with van der Waals surface area (Å²) in [4.78, 5) is 12.3. The highest BCUT2D eigenvalue weighted by molar-refractivity contribution is 7.77. The molecule has 6 nitrogen and oxygen atoms in total. The van der Waals surface area contributed by atoms with Crippen LogP contribution in [0.2, 0.25) is 0 Å². The fourth-order valence-corrected chi connectivity index (χ4v) is 2.87. The molecule has 0 N–H and O–H groups in total. The minimum atomic E-state index is -2.56. The lowest BCUT2D eigenvalue weighted by Gasteiger charge is -2.10. The fraction of sp³-hybridized carbons (Fsp3) is 0.0526. The molecule has 0 amide bonds. The number of benzene rings is 2. The molecule has 1 heterocycles. The second-order valence-corrected chi connectivity index (χ2v) is 6.20. The van der Waals surface area contributed by atoms with Crippen molar-refractivity contribution in [2.24, 2.45) is 10.2 Å². The van der Waals surface area contributed by atoms with Crippen LogP contribution in [0.5, 0.6) is 5.75 Å². The van der Waals surface area contributed by atoms with Crippen molar-refractivity contribution in [3.63, 3.8) is 0 Å². The lowest BCUT2D eigenvalue weighted by atomic mass is 9.99. The van der Waals surface area contributed by atoms with Crippen molar-refractivity contribution in [1.29, 1.82) is 0 Å². The fourth-order valence-electron chi connectivity index (χ4n) is 2.45. The van der Waals surface area contributed by atoms with Gasteiger partial charge in [0.1, 0.15) is 17.2 Å². The molecule has 0 saturated heterocycles. The van der Waals surface area contributed by atoms with Crippen molar-refractivity contribution in [1.82, 2.24) is 0 Å². The molecule has 0 bridgehead atoms. The Kier molecular flexibility index (Phi) is 5.19. The molecule has 1 aliphatic rings. The summed E-state index contributed by atoms with van der Waals surface area (Å²) in [5, 5.41) is 7.13. The van der Waals surface area contributed by atoms with E-state index in [0.29, 0.717) is 17.9 Å². The topological polar surface area (TPSA) is 85.2 Å². The van der Waals surface area contributed by atoms with E-state index >= 15 is 0 Å². The molecular formula is C19H14N2O4S. The summed E-state index contributed by atoms with van der Waals surface area (Å²) in [6.45, 7) is 4.02. The van der Waals surface area contributed by atoms with E-state index in [2.05, 4.69) is 16.8 Å². The van der Waals surface area contributed by atoms with Crippen LogP contribution in [0.1, 0.15) is 10.4 Å². The highest BCUT2D eigenvalue weighted by Gasteiger charge is 2.23. The van der Waals surface area contributed by atoms with Gasteiger partial charge in [-0.2, -0.15) is 13.5 Å². The number of ketones is 1. The Morgan fingerprint density at radius 2 is 1.85 bits per heavy atom. The summed E-state index contributed by atoms with van der Waals surface area (Å²) in [5.41, 5.74) is 1.89. The van der Waals surface area contributed by atoms with Crippen molar-refractivity contribution < 1.29 is 17.9 Å². The number of rotatable bonds is 6. The van der Waals surface area contributed by atoms with Crippen LogP contribution in [-0.4, -0.2) is 37.6 Å². The lowest BCUT2D eigenvalue weighted by molar-refractivity contribution is 0.106. The maximum Gasteiger partial charge on any atom is 0.225 e. The van der Waals surface area contributed by atoms with E-state index in [0.717, 1.165) is 17.3 Å². The third kappa shape index (κ3) is 3.52. The molecule has 0 aliphatic carbocycles. The number of hydrogen-bond donors (Lipinski definition) is 0. The molecule has 3 rings (SSSR count). The standard InChI is InChI=1S/C19H14N2O4S/c1-2-11-25-16-6-4-3-5-15(16)13-7-9-14(10-8-13)19(22)18-17(26(23)24)12-20-21-18/h2-10,12H,1,11H2. The highest BCUT2D eigenvalue weighted by Crippen LogP contribution is 2.30. The van der Waals surface area contributed by atoms with Gasteiger partial charge in [-0.15, -0.1) is 5.10 Å². The lowest BCUT2D eigenvalue weighted by Crippen LogP contribution is -2.23. The zero-order valence-electron chi connectivity index (χ0n) is 13.6. The predicted molar refractivity (Wildman–Crippen MR) is 102 cm³/mol. The maximum atomic E-state index is 12.5. The number of nitrogens with zero attached hydrogens (tertiary/aromatic N) is 2. The summed E-state index contributed by atoms with van der Waals surface area (Å²) in [6, 6.07) is 14.3. The third-order valence-electron chi connectivity index (χ3n) is 3.66. The Morgan fingerprint density at radius 3 is 2.54 bits per heavy atom. The van der Waals surface area contributed by atoms with Gasteiger partial charge in [-0.25, -0.2) is 0 Å². The van der Waals surface area contributed by atoms with Gasteiger partial charge >= 0.3 is 0 Å². The van der Waals surface area contributed by atoms with Crippen LogP contribution in [0.4, 0.5) is 0 Å². The summed E-state index contributed by atoms with van der Waals surface area (Å²) in [7, 11) is -2.56. The molecule has 2 aromatic rings. The van der Waals surface area contributed by atoms with Gasteiger partial charge in [-0.3, -0.25) is 4.79 Å². The largest absolute Gasteiger partial charge is 0.489 e. The summed E-state index contributed by atoms with van der Waals surface area (Å²) < 4.78 is 27.9. The van der Waals surface area contributed by atoms with E-state index in [4.69, 9.17) is 4.74 Å². The highest BCUT2D eigenvalue weighted by atomic mass is 32.2. The van der Waals surface area contributed by atoms with Crippen molar-refractivity contribution in [2.45, 2.75) is 0 Å². The molecule has 0 unspecified atom stereocenters. The van der Waals surface area contributed by atoms with E-state index in [1.165, 1.54) is 0 Å². The molecule has 26 heavy (non-hydrogen) atoms. The van der Waals surface area contributed by atoms with E-state index in [1.54, 1.807) is 30.3 Å². The molecule has 7 heteroatoms. The van der Waals surface area contributed by atoms with E-state index in [-0.39, 0.29) is 10.6 Å². The first-order valence-corrected chi connectivity index (χ1v) is 8.74. The SMILES string of the molecule is C=CCOc1ccccc1-c1ccc(C(=O)C2=NN=CC2=S(=O)=O)cc1. The van der Waals surface area contributed by atoms with Crippen LogP contribution in [0.25, 0.3) is 11.1 Å². The molecule has 130 valence electrons. The van der Waals surface area contributed by atoms with Gasteiger partial charge in [0, 0.05) is 11.1 Å². The van der Waals surface area contributed by atoms with Gasteiger partial charge < -0.3 is 4.74 Å². The van der Waals surface area contributed by atoms with Crippen LogP contribution in [0, 0.1) is 0 Å². The third-order valence-corrected chi connectivity index (χ3v) is 4.32. The van der Waals surface area contributed by atoms with Crippen molar-refractivity contribution in [2.75, 3.05) is 6.61 Å². The second kappa shape index (κ2) is 7.71. The quantitative estimate of drug-likeness (QED) is 0.447. The first-order valence-electron chi connectivity index (χ1n) is 7.67. The first-order chi connectivity index (χ1) is 12.6. The van der Waals surface area contributed by atoms with Gasteiger partial charge in [0.25, 0.3) is 0 Å². The van der Waals surface area contributed by atoms with Crippen molar-refractivity contribution >= 4 is 32.9 Å². The van der Waals surface area contributed by atoms with Crippen LogP contribution in [-0.2, 0) is 10.3 Å². The normalized spacial score (nSPS) is 12.6. The second-order valence-electron chi connectivity index (χ2n) is 5.29. The molecule has 0 saturated carbocycles. The maximum absolute atomic E-state index is 12.5. The number of carbonyl (C=O) groups excluding carboxylic acids is 1.